The number of hydrogen-bond donors (Lipinski definition) is 1. The maximum Gasteiger partial charge on any atom is 0.222 e. The van der Waals surface area contributed by atoms with E-state index in [0.717, 1.165) is 22.6 Å². The van der Waals surface area contributed by atoms with Crippen molar-refractivity contribution in [2.24, 2.45) is 0 Å². The number of furan rings is 1. The number of benzene rings is 1. The molecule has 0 radical (unpaired) electrons. The van der Waals surface area contributed by atoms with Crippen molar-refractivity contribution in [3.05, 3.63) is 64.8 Å². The molecule has 0 bridgehead atoms. The Morgan fingerprint density at radius 1 is 1.24 bits per heavy atom. The van der Waals surface area contributed by atoms with E-state index in [4.69, 9.17) is 4.42 Å². The van der Waals surface area contributed by atoms with Gasteiger partial charge >= 0.3 is 0 Å². The smallest absolute Gasteiger partial charge is 0.222 e. The summed E-state index contributed by atoms with van der Waals surface area (Å²) < 4.78 is 8.54. The molecule has 0 unspecified atom stereocenters. The van der Waals surface area contributed by atoms with Crippen LogP contribution in [-0.2, 0) is 0 Å². The Balaban J connectivity index is 1.72. The molecule has 0 amide bonds. The molecule has 106 valence electrons. The molecule has 2 atom stereocenters. The summed E-state index contributed by atoms with van der Waals surface area (Å²) in [5, 5.41) is 7.75. The van der Waals surface area contributed by atoms with Crippen molar-refractivity contribution in [1.82, 2.24) is 14.8 Å². The summed E-state index contributed by atoms with van der Waals surface area (Å²) in [6.07, 6.45) is 4.14. The minimum Gasteiger partial charge on any atom is -0.467 e. The highest BCUT2D eigenvalue weighted by atomic mass is 79.9. The average Bonchev–Trinajstić information content (AvgIpc) is 3.18. The van der Waals surface area contributed by atoms with Gasteiger partial charge in [-0.15, -0.1) is 0 Å². The third-order valence-corrected chi connectivity index (χ3v) is 4.30. The fourth-order valence-electron chi connectivity index (χ4n) is 2.75. The molecular weight excluding hydrogens is 332 g/mol. The summed E-state index contributed by atoms with van der Waals surface area (Å²) >= 11 is 3.47. The molecule has 1 aliphatic rings. The van der Waals surface area contributed by atoms with Crippen molar-refractivity contribution in [2.75, 3.05) is 5.32 Å². The van der Waals surface area contributed by atoms with Gasteiger partial charge in [-0.3, -0.25) is 0 Å². The van der Waals surface area contributed by atoms with Crippen LogP contribution in [-0.4, -0.2) is 14.8 Å². The van der Waals surface area contributed by atoms with E-state index in [1.807, 2.05) is 16.8 Å². The lowest BCUT2D eigenvalue weighted by atomic mass is 9.96. The lowest BCUT2D eigenvalue weighted by Crippen LogP contribution is -2.27. The van der Waals surface area contributed by atoms with E-state index in [0.29, 0.717) is 0 Å². The topological polar surface area (TPSA) is 55.9 Å². The number of anilines is 1. The fraction of sp³-hybridized carbons (Fsp3) is 0.200. The second-order valence-electron chi connectivity index (χ2n) is 5.04. The molecule has 21 heavy (non-hydrogen) atoms. The van der Waals surface area contributed by atoms with E-state index >= 15 is 0 Å². The zero-order chi connectivity index (χ0) is 14.2. The van der Waals surface area contributed by atoms with Crippen LogP contribution in [0.2, 0.25) is 0 Å². The Hall–Kier alpha value is -2.08. The van der Waals surface area contributed by atoms with Crippen molar-refractivity contribution >= 4 is 21.9 Å². The van der Waals surface area contributed by atoms with Crippen LogP contribution in [0.1, 0.15) is 29.8 Å². The van der Waals surface area contributed by atoms with Crippen molar-refractivity contribution in [3.8, 4) is 0 Å². The van der Waals surface area contributed by atoms with Gasteiger partial charge in [-0.05, 0) is 29.8 Å². The Morgan fingerprint density at radius 2 is 2.10 bits per heavy atom. The Labute approximate surface area is 130 Å². The van der Waals surface area contributed by atoms with Crippen LogP contribution >= 0.6 is 15.9 Å². The predicted octanol–water partition coefficient (Wildman–Crippen LogP) is 3.78. The maximum atomic E-state index is 5.58. The van der Waals surface area contributed by atoms with Gasteiger partial charge in [-0.1, -0.05) is 28.1 Å². The molecule has 0 aliphatic carbocycles. The van der Waals surface area contributed by atoms with Crippen LogP contribution in [0.25, 0.3) is 0 Å². The summed E-state index contributed by atoms with van der Waals surface area (Å²) in [5.74, 6) is 1.68. The number of halogens is 1. The molecule has 4 rings (SSSR count). The van der Waals surface area contributed by atoms with E-state index in [1.54, 1.807) is 12.6 Å². The van der Waals surface area contributed by atoms with Crippen LogP contribution in [0.15, 0.2) is 57.9 Å². The van der Waals surface area contributed by atoms with Gasteiger partial charge in [0.1, 0.15) is 18.1 Å². The number of fused-ring (bicyclic) bond motifs is 1. The van der Waals surface area contributed by atoms with Gasteiger partial charge < -0.3 is 9.73 Å². The van der Waals surface area contributed by atoms with Gasteiger partial charge in [-0.2, -0.15) is 10.1 Å². The highest BCUT2D eigenvalue weighted by Crippen LogP contribution is 2.37. The van der Waals surface area contributed by atoms with Crippen LogP contribution < -0.4 is 5.32 Å². The van der Waals surface area contributed by atoms with Crippen LogP contribution in [0.3, 0.4) is 0 Å². The monoisotopic (exact) mass is 344 g/mol. The number of rotatable bonds is 2. The highest BCUT2D eigenvalue weighted by molar-refractivity contribution is 9.10. The summed E-state index contributed by atoms with van der Waals surface area (Å²) in [6.45, 7) is 0. The quantitative estimate of drug-likeness (QED) is 0.768. The molecule has 1 N–H and O–H groups in total. The van der Waals surface area contributed by atoms with Gasteiger partial charge in [0.15, 0.2) is 0 Å². The molecule has 3 aromatic rings. The third kappa shape index (κ3) is 2.25. The second-order valence-corrected chi connectivity index (χ2v) is 5.96. The first-order valence-corrected chi connectivity index (χ1v) is 7.55. The van der Waals surface area contributed by atoms with Crippen molar-refractivity contribution in [1.29, 1.82) is 0 Å². The number of nitrogens with one attached hydrogen (secondary N) is 1. The molecule has 1 aliphatic heterocycles. The number of hydrogen-bond acceptors (Lipinski definition) is 4. The number of aromatic nitrogens is 3. The molecule has 3 heterocycles. The minimum absolute atomic E-state index is 0.0624. The van der Waals surface area contributed by atoms with Crippen molar-refractivity contribution in [2.45, 2.75) is 18.5 Å². The molecule has 0 saturated heterocycles. The SMILES string of the molecule is Brc1ccc([C@@H]2C[C@H](c3ccco3)n3ncnc3N2)cc1. The number of nitrogens with zero attached hydrogens (tertiary/aromatic N) is 3. The standard InChI is InChI=1S/C15H13BrN4O/c16-11-5-3-10(4-6-11)12-8-13(14-2-1-7-21-14)20-15(19-12)17-9-18-20/h1-7,9,12-13H,8H2,(H,17,18,19)/t12-,13+/m0/s1. The van der Waals surface area contributed by atoms with E-state index < -0.39 is 0 Å². The van der Waals surface area contributed by atoms with Gasteiger partial charge in [0.2, 0.25) is 5.95 Å². The third-order valence-electron chi connectivity index (χ3n) is 3.77. The van der Waals surface area contributed by atoms with Crippen molar-refractivity contribution in [3.63, 3.8) is 0 Å². The molecule has 0 saturated carbocycles. The normalized spacial score (nSPS) is 20.8. The average molecular weight is 345 g/mol. The maximum absolute atomic E-state index is 5.58. The van der Waals surface area contributed by atoms with Gasteiger partial charge in [0, 0.05) is 10.9 Å². The van der Waals surface area contributed by atoms with E-state index in [1.165, 1.54) is 5.56 Å². The second kappa shape index (κ2) is 5.04. The lowest BCUT2D eigenvalue weighted by Gasteiger charge is -2.30. The van der Waals surface area contributed by atoms with E-state index in [9.17, 15) is 0 Å². The summed E-state index contributed by atoms with van der Waals surface area (Å²) in [7, 11) is 0. The van der Waals surface area contributed by atoms with Crippen LogP contribution in [0.4, 0.5) is 5.95 Å². The van der Waals surface area contributed by atoms with Crippen LogP contribution in [0.5, 0.6) is 0 Å². The summed E-state index contributed by atoms with van der Waals surface area (Å²) in [6, 6.07) is 12.5. The van der Waals surface area contributed by atoms with E-state index in [2.05, 4.69) is 55.6 Å². The minimum atomic E-state index is 0.0624. The first-order valence-electron chi connectivity index (χ1n) is 6.76. The largest absolute Gasteiger partial charge is 0.467 e. The zero-order valence-corrected chi connectivity index (χ0v) is 12.7. The Kier molecular flexibility index (Phi) is 3.03. The van der Waals surface area contributed by atoms with Crippen molar-refractivity contribution < 1.29 is 4.42 Å². The van der Waals surface area contributed by atoms with Crippen LogP contribution in [0, 0.1) is 0 Å². The van der Waals surface area contributed by atoms with Gasteiger partial charge in [-0.25, -0.2) is 4.68 Å². The summed E-state index contributed by atoms with van der Waals surface area (Å²) in [5.41, 5.74) is 1.23. The predicted molar refractivity (Wildman–Crippen MR) is 82.0 cm³/mol. The van der Waals surface area contributed by atoms with E-state index in [-0.39, 0.29) is 12.1 Å². The fourth-order valence-corrected chi connectivity index (χ4v) is 3.02. The first kappa shape index (κ1) is 12.6. The molecule has 2 aromatic heterocycles. The van der Waals surface area contributed by atoms with Gasteiger partial charge in [0.05, 0.1) is 12.3 Å². The zero-order valence-electron chi connectivity index (χ0n) is 11.1. The molecule has 1 aromatic carbocycles. The first-order chi connectivity index (χ1) is 10.3. The molecule has 5 nitrogen and oxygen atoms in total. The van der Waals surface area contributed by atoms with Gasteiger partial charge in [0.25, 0.3) is 0 Å². The molecule has 0 fully saturated rings. The molecule has 6 heteroatoms. The summed E-state index contributed by atoms with van der Waals surface area (Å²) in [4.78, 5) is 4.30. The highest BCUT2D eigenvalue weighted by Gasteiger charge is 2.31. The Morgan fingerprint density at radius 3 is 2.86 bits per heavy atom. The molecule has 0 spiro atoms. The lowest BCUT2D eigenvalue weighted by molar-refractivity contribution is 0.358. The molecular formula is C15H13BrN4O. The Bertz CT molecular complexity index is 735.